The van der Waals surface area contributed by atoms with Gasteiger partial charge in [-0.2, -0.15) is 0 Å². The van der Waals surface area contributed by atoms with Gasteiger partial charge in [0.25, 0.3) is 0 Å². The van der Waals surface area contributed by atoms with Crippen LogP contribution in [0.5, 0.6) is 0 Å². The number of nitrogens with zero attached hydrogens (tertiary/aromatic N) is 1. The van der Waals surface area contributed by atoms with Crippen molar-refractivity contribution in [2.24, 2.45) is 0 Å². The molecular weight excluding hydrogens is 385 g/mol. The zero-order valence-corrected chi connectivity index (χ0v) is 16.5. The van der Waals surface area contributed by atoms with Gasteiger partial charge >= 0.3 is 6.03 Å². The number of anilines is 1. The Morgan fingerprint density at radius 2 is 1.79 bits per heavy atom. The largest absolute Gasteiger partial charge is 0.323 e. The molecule has 144 valence electrons. The van der Waals surface area contributed by atoms with Gasteiger partial charge in [0.15, 0.2) is 0 Å². The Kier molecular flexibility index (Phi) is 5.35. The van der Waals surface area contributed by atoms with E-state index in [0.29, 0.717) is 5.69 Å². The van der Waals surface area contributed by atoms with E-state index in [-0.39, 0.29) is 11.8 Å². The minimum absolute atomic E-state index is 0.294. The van der Waals surface area contributed by atoms with Crippen molar-refractivity contribution in [1.82, 2.24) is 10.3 Å². The van der Waals surface area contributed by atoms with Crippen LogP contribution in [-0.4, -0.2) is 11.0 Å². The molecular formula is C23H18FN3OS. The van der Waals surface area contributed by atoms with Crippen LogP contribution in [0.4, 0.5) is 14.9 Å². The summed E-state index contributed by atoms with van der Waals surface area (Å²) in [6.45, 7) is 2.07. The number of aryl methyl sites for hydroxylation is 1. The van der Waals surface area contributed by atoms with Crippen LogP contribution < -0.4 is 10.6 Å². The molecule has 4 aromatic rings. The number of urea groups is 1. The molecule has 0 saturated heterocycles. The Labute approximate surface area is 171 Å². The molecule has 0 unspecified atom stereocenters. The third kappa shape index (κ3) is 4.67. The van der Waals surface area contributed by atoms with Crippen molar-refractivity contribution in [3.63, 3.8) is 0 Å². The van der Waals surface area contributed by atoms with Crippen LogP contribution in [0, 0.1) is 12.7 Å². The van der Waals surface area contributed by atoms with E-state index in [9.17, 15) is 9.18 Å². The minimum Gasteiger partial charge on any atom is -0.314 e. The third-order valence-corrected chi connectivity index (χ3v) is 5.36. The number of hydrogen-bond acceptors (Lipinski definition) is 3. The van der Waals surface area contributed by atoms with Crippen molar-refractivity contribution in [2.45, 2.75) is 6.92 Å². The second-order valence-electron chi connectivity index (χ2n) is 6.55. The number of aromatic nitrogens is 1. The molecule has 0 saturated carbocycles. The van der Waals surface area contributed by atoms with Gasteiger partial charge in [-0.05, 0) is 72.7 Å². The molecule has 0 bridgehead atoms. The molecule has 6 heteroatoms. The van der Waals surface area contributed by atoms with Crippen LogP contribution in [0.2, 0.25) is 0 Å². The highest BCUT2D eigenvalue weighted by Crippen LogP contribution is 2.31. The van der Waals surface area contributed by atoms with Crippen molar-refractivity contribution < 1.29 is 9.18 Å². The first-order valence-electron chi connectivity index (χ1n) is 9.04. The van der Waals surface area contributed by atoms with Gasteiger partial charge < -0.3 is 10.6 Å². The summed E-state index contributed by atoms with van der Waals surface area (Å²) in [4.78, 5) is 16.7. The second kappa shape index (κ2) is 8.24. The molecule has 4 nitrogen and oxygen atoms in total. The lowest BCUT2D eigenvalue weighted by atomic mass is 10.2. The van der Waals surface area contributed by atoms with Crippen LogP contribution in [0.3, 0.4) is 0 Å². The van der Waals surface area contributed by atoms with E-state index in [4.69, 9.17) is 0 Å². The van der Waals surface area contributed by atoms with E-state index in [2.05, 4.69) is 34.7 Å². The van der Waals surface area contributed by atoms with Crippen LogP contribution >= 0.6 is 11.3 Å². The SMILES string of the molecule is Cc1ccc2nc(-c3ccc(NC(=O)N/C=C/c4ccc(F)cc4)cc3)sc2c1. The summed E-state index contributed by atoms with van der Waals surface area (Å²) in [6, 6.07) is 19.4. The molecule has 4 rings (SSSR count). The van der Waals surface area contributed by atoms with Gasteiger partial charge in [-0.25, -0.2) is 14.2 Å². The molecule has 1 heterocycles. The average Bonchev–Trinajstić information content (AvgIpc) is 3.13. The maximum Gasteiger partial charge on any atom is 0.323 e. The Morgan fingerprint density at radius 3 is 2.55 bits per heavy atom. The van der Waals surface area contributed by atoms with Gasteiger partial charge in [0.1, 0.15) is 10.8 Å². The van der Waals surface area contributed by atoms with Crippen molar-refractivity contribution >= 4 is 39.3 Å². The Morgan fingerprint density at radius 1 is 1.03 bits per heavy atom. The minimum atomic E-state index is -0.355. The van der Waals surface area contributed by atoms with E-state index >= 15 is 0 Å². The van der Waals surface area contributed by atoms with Gasteiger partial charge in [0, 0.05) is 17.5 Å². The van der Waals surface area contributed by atoms with Crippen molar-refractivity contribution in [2.75, 3.05) is 5.32 Å². The lowest BCUT2D eigenvalue weighted by molar-refractivity contribution is 0.255. The summed E-state index contributed by atoms with van der Waals surface area (Å²) in [7, 11) is 0. The summed E-state index contributed by atoms with van der Waals surface area (Å²) in [5, 5.41) is 6.35. The molecule has 29 heavy (non-hydrogen) atoms. The van der Waals surface area contributed by atoms with E-state index in [0.717, 1.165) is 26.4 Å². The fraction of sp³-hybridized carbons (Fsp3) is 0.0435. The zero-order chi connectivity index (χ0) is 20.2. The molecule has 0 radical (unpaired) electrons. The van der Waals surface area contributed by atoms with Crippen LogP contribution in [0.25, 0.3) is 26.9 Å². The lowest BCUT2D eigenvalue weighted by Crippen LogP contribution is -2.23. The highest BCUT2D eigenvalue weighted by atomic mass is 32.1. The zero-order valence-electron chi connectivity index (χ0n) is 15.6. The Balaban J connectivity index is 1.38. The van der Waals surface area contributed by atoms with Gasteiger partial charge in [-0.3, -0.25) is 0 Å². The first kappa shape index (κ1) is 18.8. The highest BCUT2D eigenvalue weighted by molar-refractivity contribution is 7.21. The van der Waals surface area contributed by atoms with E-state index in [1.807, 2.05) is 30.3 Å². The maximum absolute atomic E-state index is 12.9. The Bertz CT molecular complexity index is 1180. The number of carbonyl (C=O) groups excluding carboxylic acids is 1. The summed E-state index contributed by atoms with van der Waals surface area (Å²) in [5.74, 6) is -0.294. The number of rotatable bonds is 4. The van der Waals surface area contributed by atoms with Crippen molar-refractivity contribution in [1.29, 1.82) is 0 Å². The first-order valence-corrected chi connectivity index (χ1v) is 9.86. The van der Waals surface area contributed by atoms with Crippen LogP contribution in [0.1, 0.15) is 11.1 Å². The summed E-state index contributed by atoms with van der Waals surface area (Å²) in [6.07, 6.45) is 3.21. The molecule has 0 aliphatic carbocycles. The number of carbonyl (C=O) groups is 1. The quantitative estimate of drug-likeness (QED) is 0.426. The highest BCUT2D eigenvalue weighted by Gasteiger charge is 2.07. The average molecular weight is 403 g/mol. The molecule has 1 aromatic heterocycles. The fourth-order valence-corrected chi connectivity index (χ4v) is 3.88. The molecule has 2 amide bonds. The number of amides is 2. The smallest absolute Gasteiger partial charge is 0.314 e. The Hall–Kier alpha value is -3.51. The molecule has 0 spiro atoms. The first-order chi connectivity index (χ1) is 14.1. The number of thiazole rings is 1. The summed E-state index contributed by atoms with van der Waals surface area (Å²) < 4.78 is 14.0. The van der Waals surface area contributed by atoms with Gasteiger partial charge in [-0.15, -0.1) is 11.3 Å². The number of fused-ring (bicyclic) bond motifs is 1. The fourth-order valence-electron chi connectivity index (χ4n) is 2.81. The maximum atomic E-state index is 12.9. The van der Waals surface area contributed by atoms with Gasteiger partial charge in [-0.1, -0.05) is 18.2 Å². The lowest BCUT2D eigenvalue weighted by Gasteiger charge is -2.05. The van der Waals surface area contributed by atoms with E-state index in [1.165, 1.54) is 23.9 Å². The van der Waals surface area contributed by atoms with Gasteiger partial charge in [0.2, 0.25) is 0 Å². The molecule has 0 aliphatic heterocycles. The van der Waals surface area contributed by atoms with Crippen molar-refractivity contribution in [3.8, 4) is 10.6 Å². The standard InChI is InChI=1S/C23H18FN3OS/c1-15-2-11-20-21(14-15)29-22(27-20)17-5-9-19(10-6-17)26-23(28)25-13-12-16-3-7-18(24)8-4-16/h2-14H,1H3,(H2,25,26,28)/b13-12+. The molecule has 0 atom stereocenters. The summed E-state index contributed by atoms with van der Waals surface area (Å²) >= 11 is 1.65. The van der Waals surface area contributed by atoms with Crippen LogP contribution in [0.15, 0.2) is 72.9 Å². The van der Waals surface area contributed by atoms with Crippen LogP contribution in [-0.2, 0) is 0 Å². The van der Waals surface area contributed by atoms with E-state index in [1.54, 1.807) is 29.5 Å². The second-order valence-corrected chi connectivity index (χ2v) is 7.58. The molecule has 0 aliphatic rings. The molecule has 2 N–H and O–H groups in total. The summed E-state index contributed by atoms with van der Waals surface area (Å²) in [5.41, 5.74) is 4.68. The molecule has 3 aromatic carbocycles. The van der Waals surface area contributed by atoms with E-state index < -0.39 is 0 Å². The monoisotopic (exact) mass is 403 g/mol. The number of benzene rings is 3. The third-order valence-electron chi connectivity index (χ3n) is 4.29. The number of nitrogens with one attached hydrogen (secondary N) is 2. The van der Waals surface area contributed by atoms with Crippen molar-refractivity contribution in [3.05, 3.63) is 89.9 Å². The molecule has 0 fully saturated rings. The number of halogens is 1. The van der Waals surface area contributed by atoms with Gasteiger partial charge in [0.05, 0.1) is 10.2 Å². The topological polar surface area (TPSA) is 54.0 Å². The normalized spacial score (nSPS) is 11.1. The predicted octanol–water partition coefficient (Wildman–Crippen LogP) is 6.20. The number of hydrogen-bond donors (Lipinski definition) is 2. The predicted molar refractivity (Wildman–Crippen MR) is 117 cm³/mol.